The zero-order valence-corrected chi connectivity index (χ0v) is 46.1. The molecule has 1 radical (unpaired) electrons. The van der Waals surface area contributed by atoms with E-state index < -0.39 is 47.3 Å². The summed E-state index contributed by atoms with van der Waals surface area (Å²) < 4.78 is 58.9. The van der Waals surface area contributed by atoms with Gasteiger partial charge in [-0.15, -0.1) is 0 Å². The topological polar surface area (TPSA) is 57.2 Å². The van der Waals surface area contributed by atoms with E-state index in [1.165, 1.54) is 54.2 Å². The number of alkyl halides is 3. The molecule has 0 aliphatic carbocycles. The van der Waals surface area contributed by atoms with Crippen molar-refractivity contribution >= 4 is 110 Å². The van der Waals surface area contributed by atoms with E-state index in [1.54, 1.807) is 0 Å². The minimum absolute atomic E-state index is 0. The summed E-state index contributed by atoms with van der Waals surface area (Å²) in [4.78, 5) is 0. The number of rotatable bonds is 12. The van der Waals surface area contributed by atoms with Gasteiger partial charge in [0.15, 0.2) is 10.1 Å². The summed E-state index contributed by atoms with van der Waals surface area (Å²) in [7, 11) is -7.72. The zero-order chi connectivity index (χ0) is 45.9. The van der Waals surface area contributed by atoms with Crippen molar-refractivity contribution in [3.63, 3.8) is 0 Å². The Morgan fingerprint density at radius 2 is 0.448 bits per heavy atom. The van der Waals surface area contributed by atoms with Crippen molar-refractivity contribution in [2.45, 2.75) is 5.51 Å². The Balaban J connectivity index is 0.000000156. The van der Waals surface area contributed by atoms with Crippen molar-refractivity contribution in [2.75, 3.05) is 11.8 Å². The Morgan fingerprint density at radius 3 is 0.537 bits per heavy atom. The summed E-state index contributed by atoms with van der Waals surface area (Å²) >= 11 is 0. The molecule has 0 N–H and O–H groups in total. The quantitative estimate of drug-likeness (QED) is 0.0696. The SMILES string of the molecule is O=S(=O)([O-])C(F)(F)F.[Ir].c1ccc(P(CP(c2ccccc2)c2ccccc2)c2ccccc2)cc1.c1ccc(P(CP(c2ccccc2)c2ccccc2)c2ccccc2)cc1.p12p3p1p23. The summed E-state index contributed by atoms with van der Waals surface area (Å²) in [6.07, 6.45) is 4.30. The molecule has 0 atom stereocenters. The first kappa shape index (κ1) is 51.9. The van der Waals surface area contributed by atoms with Crippen molar-refractivity contribution in [1.82, 2.24) is 0 Å². The molecule has 0 aliphatic rings. The summed E-state index contributed by atoms with van der Waals surface area (Å²) in [5.41, 5.74) is -5.65. The van der Waals surface area contributed by atoms with Gasteiger partial charge in [0.25, 0.3) is 0 Å². The Morgan fingerprint density at radius 1 is 0.328 bits per heavy atom. The third kappa shape index (κ3) is 14.8. The molecule has 0 spiro atoms. The second-order valence-corrected chi connectivity index (χ2v) is 53.7. The van der Waals surface area contributed by atoms with Crippen LogP contribution < -0.4 is 42.4 Å². The van der Waals surface area contributed by atoms with E-state index in [9.17, 15) is 13.2 Å². The van der Waals surface area contributed by atoms with Crippen LogP contribution in [0, 0.1) is 0 Å². The maximum absolute atomic E-state index is 10.7. The fourth-order valence-electron chi connectivity index (χ4n) is 6.73. The van der Waals surface area contributed by atoms with E-state index in [4.69, 9.17) is 13.0 Å². The maximum Gasteiger partial charge on any atom is 0.485 e. The number of hydrogen-bond acceptors (Lipinski definition) is 3. The van der Waals surface area contributed by atoms with Gasteiger partial charge in [-0.25, -0.2) is 8.42 Å². The van der Waals surface area contributed by atoms with Gasteiger partial charge < -0.3 is 4.55 Å². The molecule has 4 aromatic heterocycles. The summed E-state index contributed by atoms with van der Waals surface area (Å²) in [5.74, 6) is 2.35. The van der Waals surface area contributed by atoms with E-state index in [0.717, 1.165) is 25.5 Å². The van der Waals surface area contributed by atoms with Crippen molar-refractivity contribution in [1.29, 1.82) is 0 Å². The minimum atomic E-state index is -6.09. The van der Waals surface area contributed by atoms with Gasteiger partial charge >= 0.3 is 5.51 Å². The van der Waals surface area contributed by atoms with Crippen LogP contribution >= 0.6 is 57.2 Å². The average molecular weight is 1230 g/mol. The molecule has 0 saturated heterocycles. The van der Waals surface area contributed by atoms with Crippen LogP contribution in [-0.2, 0) is 30.2 Å². The molecule has 0 bridgehead atoms. The van der Waals surface area contributed by atoms with Gasteiger partial charge in [0.1, 0.15) is 0 Å². The first-order chi connectivity index (χ1) is 32.1. The predicted molar refractivity (Wildman–Crippen MR) is 289 cm³/mol. The normalized spacial score (nSPS) is 12.7. The molecule has 67 heavy (non-hydrogen) atoms. The largest absolute Gasteiger partial charge is 0.741 e. The molecule has 12 rings (SSSR count). The van der Waals surface area contributed by atoms with Crippen molar-refractivity contribution in [2.24, 2.45) is 0 Å². The first-order valence-electron chi connectivity index (χ1n) is 20.8. The van der Waals surface area contributed by atoms with E-state index in [2.05, 4.69) is 243 Å². The van der Waals surface area contributed by atoms with Crippen molar-refractivity contribution in [3.05, 3.63) is 243 Å². The van der Waals surface area contributed by atoms with Crippen LogP contribution in [0.5, 0.6) is 0 Å². The summed E-state index contributed by atoms with van der Waals surface area (Å²) in [6.45, 7) is 0. The molecule has 8 aromatic carbocycles. The summed E-state index contributed by atoms with van der Waals surface area (Å²) in [5, 5.41) is 11.7. The number of halogens is 3. The van der Waals surface area contributed by atoms with E-state index in [0.29, 0.717) is 0 Å². The van der Waals surface area contributed by atoms with Gasteiger partial charge in [-0.3, -0.25) is 0 Å². The van der Waals surface area contributed by atoms with E-state index >= 15 is 0 Å². The molecule has 0 fully saturated rings. The molecular formula is C51H44F3IrO3P8S-. The monoisotopic (exact) mass is 1230 g/mol. The fourth-order valence-corrected chi connectivity index (χ4v) is 81.2. The summed E-state index contributed by atoms with van der Waals surface area (Å²) in [6, 6.07) is 88.3. The molecule has 343 valence electrons. The molecule has 16 heteroatoms. The van der Waals surface area contributed by atoms with Gasteiger partial charge in [0.2, 0.25) is 0 Å². The molecule has 0 amide bonds. The Bertz CT molecular complexity index is 2520. The number of hydrogen-bond donors (Lipinski definition) is 0. The number of benzene rings is 8. The average Bonchev–Trinajstić information content (AvgIpc) is 4.21. The predicted octanol–water partition coefficient (Wildman–Crippen LogP) is 13.9. The Labute approximate surface area is 412 Å². The van der Waals surface area contributed by atoms with Gasteiger partial charge in [-0.2, -0.15) is 13.2 Å². The molecular weight excluding hydrogens is 1190 g/mol. The first-order valence-corrected chi connectivity index (χ1v) is 37.9. The van der Waals surface area contributed by atoms with Crippen LogP contribution in [0.2, 0.25) is 0 Å². The molecule has 0 saturated carbocycles. The van der Waals surface area contributed by atoms with Crippen LogP contribution in [0.1, 0.15) is 0 Å². The standard InChI is InChI=1S/2C25H22P2.CHF3O3S.Ir.P4/c2*1-5-13-22(14-6-1)26(23-15-7-2-8-16-23)21-27(24-17-9-3-10-18-24)25-19-11-4-12-20-25;2-1(3,4)8(5,6)7;;1-2-3(1)4(1)2/h2*1-20H,21H2;(H,5,6,7);;/p-1. The second kappa shape index (κ2) is 24.7. The van der Waals surface area contributed by atoms with Crippen LogP contribution in [0.15, 0.2) is 243 Å². The maximum atomic E-state index is 10.7. The van der Waals surface area contributed by atoms with Crippen LogP contribution in [0.25, 0.3) is 0 Å². The third-order valence-corrected chi connectivity index (χ3v) is 70.4. The zero-order valence-electron chi connectivity index (χ0n) is 35.7. The third-order valence-electron chi connectivity index (χ3n) is 10.2. The molecule has 0 unspecified atom stereocenters. The van der Waals surface area contributed by atoms with Crippen LogP contribution in [0.4, 0.5) is 13.2 Å². The van der Waals surface area contributed by atoms with Gasteiger partial charge in [0.05, 0.1) is 0 Å². The van der Waals surface area contributed by atoms with Crippen LogP contribution in [-0.4, -0.2) is 30.3 Å². The van der Waals surface area contributed by atoms with E-state index in [1.807, 2.05) is 0 Å². The van der Waals surface area contributed by atoms with E-state index in [-0.39, 0.29) is 20.1 Å². The molecule has 3 nitrogen and oxygen atoms in total. The van der Waals surface area contributed by atoms with Gasteiger partial charge in [-0.1, -0.05) is 243 Å². The van der Waals surface area contributed by atoms with Crippen molar-refractivity contribution in [3.8, 4) is 0 Å². The Kier molecular flexibility index (Phi) is 19.1. The second-order valence-electron chi connectivity index (χ2n) is 14.7. The smallest absolute Gasteiger partial charge is 0.485 e. The van der Waals surface area contributed by atoms with Crippen molar-refractivity contribution < 1.29 is 46.2 Å². The van der Waals surface area contributed by atoms with Gasteiger partial charge in [-0.05, 0) is 74.1 Å². The van der Waals surface area contributed by atoms with Crippen LogP contribution in [0.3, 0.4) is 0 Å². The Hall–Kier alpha value is -2.97. The molecule has 0 aliphatic heterocycles. The molecule has 12 aromatic rings. The fraction of sp³-hybridized carbons (Fsp3) is 0.0588. The minimum Gasteiger partial charge on any atom is -0.741 e. The molecule has 4 heterocycles. The van der Waals surface area contributed by atoms with Gasteiger partial charge in [0, 0.05) is 57.4 Å².